The summed E-state index contributed by atoms with van der Waals surface area (Å²) in [6.07, 6.45) is 3.11. The van der Waals surface area contributed by atoms with E-state index in [1.807, 2.05) is 36.4 Å². The molecular weight excluding hydrogens is 496 g/mol. The van der Waals surface area contributed by atoms with Gasteiger partial charge in [0.25, 0.3) is 5.91 Å². The number of carbonyl (C=O) groups excluding carboxylic acids is 1. The van der Waals surface area contributed by atoms with Crippen molar-refractivity contribution in [2.24, 2.45) is 0 Å². The molecular formula is C27H23BrN2O4. The number of halogens is 1. The Morgan fingerprint density at radius 2 is 1.82 bits per heavy atom. The molecule has 0 unspecified atom stereocenters. The van der Waals surface area contributed by atoms with Gasteiger partial charge < -0.3 is 19.5 Å². The number of benzene rings is 3. The van der Waals surface area contributed by atoms with Crippen LogP contribution < -0.4 is 19.5 Å². The first-order valence-corrected chi connectivity index (χ1v) is 11.1. The standard InChI is InChI=1S/C27H23BrN2O4/c1-3-13-33-26-16-24(28)20(15-25(26)32-2)14-21(17-29)27(31)30-22-9-11-23(12-10-22)34-18-19-7-5-4-6-8-19/h3-12,14-16H,1,13,18H2,2H3,(H,30,31)/b21-14+. The molecule has 0 heterocycles. The summed E-state index contributed by atoms with van der Waals surface area (Å²) in [7, 11) is 1.52. The van der Waals surface area contributed by atoms with Gasteiger partial charge in [-0.15, -0.1) is 0 Å². The number of nitrogens with zero attached hydrogens (tertiary/aromatic N) is 1. The van der Waals surface area contributed by atoms with E-state index in [0.717, 1.165) is 5.56 Å². The van der Waals surface area contributed by atoms with Crippen molar-refractivity contribution in [3.63, 3.8) is 0 Å². The Morgan fingerprint density at radius 3 is 2.47 bits per heavy atom. The predicted octanol–water partition coefficient (Wildman–Crippen LogP) is 6.15. The second-order valence-electron chi connectivity index (χ2n) is 7.05. The summed E-state index contributed by atoms with van der Waals surface area (Å²) >= 11 is 3.45. The minimum absolute atomic E-state index is 0.0630. The molecule has 0 aliphatic carbocycles. The van der Waals surface area contributed by atoms with Crippen LogP contribution in [0.4, 0.5) is 5.69 Å². The van der Waals surface area contributed by atoms with Crippen LogP contribution in [0, 0.1) is 11.3 Å². The first-order chi connectivity index (χ1) is 16.5. The van der Waals surface area contributed by atoms with E-state index >= 15 is 0 Å². The Kier molecular flexibility index (Phi) is 8.89. The van der Waals surface area contributed by atoms with Crippen LogP contribution in [0.25, 0.3) is 6.08 Å². The lowest BCUT2D eigenvalue weighted by Gasteiger charge is -2.12. The van der Waals surface area contributed by atoms with Gasteiger partial charge in [-0.1, -0.05) is 58.9 Å². The van der Waals surface area contributed by atoms with Crippen LogP contribution in [0.5, 0.6) is 17.2 Å². The lowest BCUT2D eigenvalue weighted by molar-refractivity contribution is -0.112. The van der Waals surface area contributed by atoms with Crippen molar-refractivity contribution in [3.8, 4) is 23.3 Å². The summed E-state index contributed by atoms with van der Waals surface area (Å²) in [6, 6.07) is 22.2. The van der Waals surface area contributed by atoms with Crippen LogP contribution in [-0.4, -0.2) is 19.6 Å². The van der Waals surface area contributed by atoms with Gasteiger partial charge in [-0.3, -0.25) is 4.79 Å². The Labute approximate surface area is 207 Å². The topological polar surface area (TPSA) is 80.6 Å². The summed E-state index contributed by atoms with van der Waals surface area (Å²) in [5, 5.41) is 12.3. The third kappa shape index (κ3) is 6.74. The first-order valence-electron chi connectivity index (χ1n) is 10.3. The molecule has 172 valence electrons. The van der Waals surface area contributed by atoms with Crippen LogP contribution in [0.15, 0.2) is 89.4 Å². The van der Waals surface area contributed by atoms with Gasteiger partial charge in [-0.25, -0.2) is 0 Å². The van der Waals surface area contributed by atoms with E-state index in [1.165, 1.54) is 13.2 Å². The second kappa shape index (κ2) is 12.3. The summed E-state index contributed by atoms with van der Waals surface area (Å²) in [5.41, 5.74) is 2.14. The molecule has 0 saturated heterocycles. The molecule has 0 atom stereocenters. The van der Waals surface area contributed by atoms with Gasteiger partial charge in [0.05, 0.1) is 7.11 Å². The fourth-order valence-electron chi connectivity index (χ4n) is 2.96. The Morgan fingerprint density at radius 1 is 1.09 bits per heavy atom. The van der Waals surface area contributed by atoms with Crippen molar-refractivity contribution in [3.05, 3.63) is 101 Å². The maximum Gasteiger partial charge on any atom is 0.266 e. The molecule has 3 rings (SSSR count). The first kappa shape index (κ1) is 24.6. The molecule has 0 fully saturated rings. The number of ether oxygens (including phenoxy) is 3. The Bertz CT molecular complexity index is 1220. The lowest BCUT2D eigenvalue weighted by atomic mass is 10.1. The minimum atomic E-state index is -0.529. The number of carbonyl (C=O) groups is 1. The fraction of sp³-hybridized carbons (Fsp3) is 0.111. The molecule has 0 aliphatic rings. The SMILES string of the molecule is C=CCOc1cc(Br)c(/C=C(\C#N)C(=O)Nc2ccc(OCc3ccccc3)cc2)cc1OC. The van der Waals surface area contributed by atoms with Gasteiger partial charge in [0.1, 0.15) is 30.6 Å². The van der Waals surface area contributed by atoms with Crippen molar-refractivity contribution in [2.75, 3.05) is 19.0 Å². The third-order valence-electron chi connectivity index (χ3n) is 4.67. The molecule has 0 bridgehead atoms. The summed E-state index contributed by atoms with van der Waals surface area (Å²) in [6.45, 7) is 4.39. The zero-order chi connectivity index (χ0) is 24.3. The molecule has 0 spiro atoms. The lowest BCUT2D eigenvalue weighted by Crippen LogP contribution is -2.13. The van der Waals surface area contributed by atoms with Gasteiger partial charge in [-0.05, 0) is 53.6 Å². The van der Waals surface area contributed by atoms with E-state index in [-0.39, 0.29) is 5.57 Å². The average Bonchev–Trinajstić information content (AvgIpc) is 2.87. The zero-order valence-corrected chi connectivity index (χ0v) is 20.2. The van der Waals surface area contributed by atoms with Gasteiger partial charge in [-0.2, -0.15) is 5.26 Å². The van der Waals surface area contributed by atoms with Gasteiger partial charge in [0.15, 0.2) is 11.5 Å². The Hall–Kier alpha value is -4.02. The Balaban J connectivity index is 1.69. The van der Waals surface area contributed by atoms with Crippen molar-refractivity contribution in [2.45, 2.75) is 6.61 Å². The number of amides is 1. The zero-order valence-electron chi connectivity index (χ0n) is 18.6. The maximum atomic E-state index is 12.7. The highest BCUT2D eigenvalue weighted by Crippen LogP contribution is 2.34. The molecule has 3 aromatic rings. The van der Waals surface area contributed by atoms with Crippen LogP contribution in [0.3, 0.4) is 0 Å². The van der Waals surface area contributed by atoms with Crippen molar-refractivity contribution < 1.29 is 19.0 Å². The van der Waals surface area contributed by atoms with Crippen molar-refractivity contribution >= 4 is 33.6 Å². The third-order valence-corrected chi connectivity index (χ3v) is 5.35. The molecule has 7 heteroatoms. The molecule has 1 amide bonds. The quantitative estimate of drug-likeness (QED) is 0.198. The molecule has 3 aromatic carbocycles. The van der Waals surface area contributed by atoms with Crippen LogP contribution in [0.2, 0.25) is 0 Å². The van der Waals surface area contributed by atoms with Crippen LogP contribution in [-0.2, 0) is 11.4 Å². The number of rotatable bonds is 10. The van der Waals surface area contributed by atoms with E-state index in [0.29, 0.717) is 46.2 Å². The summed E-state index contributed by atoms with van der Waals surface area (Å²) in [4.78, 5) is 12.7. The largest absolute Gasteiger partial charge is 0.493 e. The monoisotopic (exact) mass is 518 g/mol. The van der Waals surface area contributed by atoms with Gasteiger partial charge >= 0.3 is 0 Å². The van der Waals surface area contributed by atoms with Gasteiger partial charge in [0, 0.05) is 10.2 Å². The fourth-order valence-corrected chi connectivity index (χ4v) is 3.40. The van der Waals surface area contributed by atoms with E-state index in [1.54, 1.807) is 42.5 Å². The average molecular weight is 519 g/mol. The number of nitriles is 1. The van der Waals surface area contributed by atoms with E-state index in [2.05, 4.69) is 27.8 Å². The normalized spacial score (nSPS) is 10.7. The van der Waals surface area contributed by atoms with Crippen LogP contribution >= 0.6 is 15.9 Å². The highest BCUT2D eigenvalue weighted by atomic mass is 79.9. The summed E-state index contributed by atoms with van der Waals surface area (Å²) in [5.74, 6) is 1.13. The van der Waals surface area contributed by atoms with E-state index in [4.69, 9.17) is 14.2 Å². The van der Waals surface area contributed by atoms with Crippen molar-refractivity contribution in [1.82, 2.24) is 0 Å². The number of hydrogen-bond acceptors (Lipinski definition) is 5. The predicted molar refractivity (Wildman–Crippen MR) is 136 cm³/mol. The molecule has 0 saturated carbocycles. The van der Waals surface area contributed by atoms with Crippen molar-refractivity contribution in [1.29, 1.82) is 5.26 Å². The smallest absolute Gasteiger partial charge is 0.266 e. The highest BCUT2D eigenvalue weighted by molar-refractivity contribution is 9.10. The highest BCUT2D eigenvalue weighted by Gasteiger charge is 2.14. The number of nitrogens with one attached hydrogen (secondary N) is 1. The van der Waals surface area contributed by atoms with E-state index < -0.39 is 5.91 Å². The molecule has 0 aromatic heterocycles. The molecule has 1 N–H and O–H groups in total. The van der Waals surface area contributed by atoms with Crippen LogP contribution in [0.1, 0.15) is 11.1 Å². The van der Waals surface area contributed by atoms with Gasteiger partial charge in [0.2, 0.25) is 0 Å². The molecule has 0 radical (unpaired) electrons. The van der Waals surface area contributed by atoms with E-state index in [9.17, 15) is 10.1 Å². The summed E-state index contributed by atoms with van der Waals surface area (Å²) < 4.78 is 17.3. The molecule has 6 nitrogen and oxygen atoms in total. The number of anilines is 1. The number of methoxy groups -OCH3 is 1. The minimum Gasteiger partial charge on any atom is -0.493 e. The number of hydrogen-bond donors (Lipinski definition) is 1. The second-order valence-corrected chi connectivity index (χ2v) is 7.90. The molecule has 0 aliphatic heterocycles. The molecule has 34 heavy (non-hydrogen) atoms. The maximum absolute atomic E-state index is 12.7.